The molecule has 0 saturated heterocycles. The van der Waals surface area contributed by atoms with E-state index in [1.54, 1.807) is 6.07 Å². The molecule has 1 aliphatic heterocycles. The van der Waals surface area contributed by atoms with Crippen LogP contribution in [0.1, 0.15) is 11.3 Å². The van der Waals surface area contributed by atoms with Crippen LogP contribution in [-0.2, 0) is 13.0 Å². The first kappa shape index (κ1) is 10.7. The van der Waals surface area contributed by atoms with Gasteiger partial charge in [-0.25, -0.2) is 4.39 Å². The molecule has 1 aromatic carbocycles. The first-order valence-corrected chi connectivity index (χ1v) is 5.78. The molecule has 0 unspecified atom stereocenters. The van der Waals surface area contributed by atoms with E-state index in [0.717, 1.165) is 12.2 Å². The summed E-state index contributed by atoms with van der Waals surface area (Å²) in [5.41, 5.74) is 1.60. The molecule has 0 aliphatic carbocycles. The molecule has 3 nitrogen and oxygen atoms in total. The number of rotatable bonds is 0. The van der Waals surface area contributed by atoms with Crippen LogP contribution in [0.15, 0.2) is 16.9 Å². The minimum absolute atomic E-state index is 0.0297. The molecule has 2 N–H and O–H groups in total. The molecule has 0 spiro atoms. The van der Waals surface area contributed by atoms with Crippen molar-refractivity contribution in [3.05, 3.63) is 44.5 Å². The highest BCUT2D eigenvalue weighted by atomic mass is 35.5. The third-order valence-corrected chi connectivity index (χ3v) is 3.40. The molecule has 2 aromatic rings. The Morgan fingerprint density at radius 3 is 3.00 bits per heavy atom. The first-order valence-electron chi connectivity index (χ1n) is 5.41. The van der Waals surface area contributed by atoms with Gasteiger partial charge in [0.2, 0.25) is 0 Å². The Hall–Kier alpha value is -1.39. The standard InChI is InChI=1S/C12H10ClFN2O/c13-8-2-1-6-11(10(8)14)16-9-3-4-15-5-7(9)12(6)17/h1-2,15H,3-5H2,(H,16,17). The molecule has 0 bridgehead atoms. The van der Waals surface area contributed by atoms with Crippen LogP contribution in [0.2, 0.25) is 5.02 Å². The number of aromatic nitrogens is 1. The van der Waals surface area contributed by atoms with Gasteiger partial charge >= 0.3 is 0 Å². The van der Waals surface area contributed by atoms with Crippen LogP contribution in [0, 0.1) is 5.82 Å². The summed E-state index contributed by atoms with van der Waals surface area (Å²) in [5.74, 6) is -0.553. The van der Waals surface area contributed by atoms with Crippen LogP contribution in [0.3, 0.4) is 0 Å². The van der Waals surface area contributed by atoms with Crippen LogP contribution < -0.4 is 10.7 Å². The summed E-state index contributed by atoms with van der Waals surface area (Å²) in [7, 11) is 0. The van der Waals surface area contributed by atoms with E-state index in [9.17, 15) is 9.18 Å². The zero-order valence-electron chi connectivity index (χ0n) is 8.94. The van der Waals surface area contributed by atoms with Crippen LogP contribution in [-0.4, -0.2) is 11.5 Å². The summed E-state index contributed by atoms with van der Waals surface area (Å²) in [6.07, 6.45) is 0.701. The molecule has 1 aromatic heterocycles. The highest BCUT2D eigenvalue weighted by Gasteiger charge is 2.17. The van der Waals surface area contributed by atoms with Gasteiger partial charge in [-0.15, -0.1) is 0 Å². The smallest absolute Gasteiger partial charge is 0.194 e. The summed E-state index contributed by atoms with van der Waals surface area (Å²) in [4.78, 5) is 15.2. The lowest BCUT2D eigenvalue weighted by Crippen LogP contribution is -2.30. The van der Waals surface area contributed by atoms with Gasteiger partial charge in [0.05, 0.1) is 10.5 Å². The molecular weight excluding hydrogens is 243 g/mol. The molecule has 17 heavy (non-hydrogen) atoms. The second-order valence-corrected chi connectivity index (χ2v) is 4.53. The van der Waals surface area contributed by atoms with E-state index in [1.165, 1.54) is 6.07 Å². The lowest BCUT2D eigenvalue weighted by Gasteiger charge is -2.17. The zero-order chi connectivity index (χ0) is 12.0. The molecule has 0 radical (unpaired) electrons. The van der Waals surface area contributed by atoms with Gasteiger partial charge in [-0.1, -0.05) is 11.6 Å². The summed E-state index contributed by atoms with van der Waals surface area (Å²) in [6.45, 7) is 1.32. The first-order chi connectivity index (χ1) is 8.18. The monoisotopic (exact) mass is 252 g/mol. The van der Waals surface area contributed by atoms with Gasteiger partial charge < -0.3 is 10.3 Å². The Labute approximate surface area is 102 Å². The van der Waals surface area contributed by atoms with Crippen molar-refractivity contribution in [2.75, 3.05) is 6.54 Å². The number of halogens is 2. The molecule has 1 aliphatic rings. The number of aromatic amines is 1. The van der Waals surface area contributed by atoms with Crippen molar-refractivity contribution in [3.63, 3.8) is 0 Å². The fraction of sp³-hybridized carbons (Fsp3) is 0.250. The van der Waals surface area contributed by atoms with Gasteiger partial charge in [0.15, 0.2) is 11.2 Å². The summed E-state index contributed by atoms with van der Waals surface area (Å²) < 4.78 is 13.8. The highest BCUT2D eigenvalue weighted by molar-refractivity contribution is 6.31. The predicted octanol–water partition coefficient (Wildman–Crippen LogP) is 1.97. The van der Waals surface area contributed by atoms with Gasteiger partial charge in [-0.2, -0.15) is 0 Å². The van der Waals surface area contributed by atoms with Gasteiger partial charge in [-0.3, -0.25) is 4.79 Å². The lowest BCUT2D eigenvalue weighted by molar-refractivity contribution is 0.619. The summed E-state index contributed by atoms with van der Waals surface area (Å²) in [6, 6.07) is 2.98. The maximum absolute atomic E-state index is 13.8. The molecule has 2 heterocycles. The molecular formula is C12H10ClFN2O. The number of nitrogens with one attached hydrogen (secondary N) is 2. The minimum Gasteiger partial charge on any atom is -0.355 e. The Morgan fingerprint density at radius 2 is 2.18 bits per heavy atom. The lowest BCUT2D eigenvalue weighted by atomic mass is 10.0. The van der Waals surface area contributed by atoms with Crippen molar-refractivity contribution in [1.29, 1.82) is 0 Å². The topological polar surface area (TPSA) is 44.9 Å². The van der Waals surface area contributed by atoms with Crippen molar-refractivity contribution >= 4 is 22.5 Å². The largest absolute Gasteiger partial charge is 0.355 e. The van der Waals surface area contributed by atoms with E-state index >= 15 is 0 Å². The fourth-order valence-electron chi connectivity index (χ4n) is 2.22. The fourth-order valence-corrected chi connectivity index (χ4v) is 2.37. The van der Waals surface area contributed by atoms with E-state index in [4.69, 9.17) is 11.6 Å². The second kappa shape index (κ2) is 3.82. The summed E-state index contributed by atoms with van der Waals surface area (Å²) >= 11 is 5.71. The van der Waals surface area contributed by atoms with Gasteiger partial charge in [0.1, 0.15) is 0 Å². The van der Waals surface area contributed by atoms with Crippen molar-refractivity contribution in [2.45, 2.75) is 13.0 Å². The average molecular weight is 253 g/mol. The molecule has 0 fully saturated rings. The SMILES string of the molecule is O=c1c2c([nH]c3c(F)c(Cl)ccc13)CCNC2. The van der Waals surface area contributed by atoms with Crippen molar-refractivity contribution < 1.29 is 4.39 Å². The van der Waals surface area contributed by atoms with E-state index in [0.29, 0.717) is 23.9 Å². The number of fused-ring (bicyclic) bond motifs is 2. The number of H-pyrrole nitrogens is 1. The average Bonchev–Trinajstić information content (AvgIpc) is 2.35. The quantitative estimate of drug-likeness (QED) is 0.753. The van der Waals surface area contributed by atoms with Crippen molar-refractivity contribution in [1.82, 2.24) is 10.3 Å². The predicted molar refractivity (Wildman–Crippen MR) is 64.9 cm³/mol. The van der Waals surface area contributed by atoms with E-state index in [2.05, 4.69) is 10.3 Å². The van der Waals surface area contributed by atoms with Crippen molar-refractivity contribution in [2.24, 2.45) is 0 Å². The third-order valence-electron chi connectivity index (χ3n) is 3.11. The van der Waals surface area contributed by atoms with Crippen LogP contribution in [0.25, 0.3) is 10.9 Å². The van der Waals surface area contributed by atoms with E-state index < -0.39 is 5.82 Å². The summed E-state index contributed by atoms with van der Waals surface area (Å²) in [5, 5.41) is 3.52. The molecule has 0 saturated carbocycles. The van der Waals surface area contributed by atoms with E-state index in [1.807, 2.05) is 0 Å². The van der Waals surface area contributed by atoms with Gasteiger partial charge in [0, 0.05) is 36.2 Å². The Kier molecular flexibility index (Phi) is 2.42. The van der Waals surface area contributed by atoms with Crippen molar-refractivity contribution in [3.8, 4) is 0 Å². The number of pyridine rings is 1. The third kappa shape index (κ3) is 1.56. The van der Waals surface area contributed by atoms with Crippen LogP contribution >= 0.6 is 11.6 Å². The number of hydrogen-bond donors (Lipinski definition) is 2. The molecule has 88 valence electrons. The number of benzene rings is 1. The Morgan fingerprint density at radius 1 is 1.35 bits per heavy atom. The second-order valence-electron chi connectivity index (χ2n) is 4.12. The number of hydrogen-bond acceptors (Lipinski definition) is 2. The van der Waals surface area contributed by atoms with E-state index in [-0.39, 0.29) is 16.0 Å². The van der Waals surface area contributed by atoms with Gasteiger partial charge in [-0.05, 0) is 12.1 Å². The molecule has 0 amide bonds. The maximum atomic E-state index is 13.8. The Balaban J connectivity index is 2.44. The normalized spacial score (nSPS) is 14.9. The minimum atomic E-state index is -0.553. The zero-order valence-corrected chi connectivity index (χ0v) is 9.70. The molecule has 3 rings (SSSR count). The highest BCUT2D eigenvalue weighted by Crippen LogP contribution is 2.23. The molecule has 5 heteroatoms. The maximum Gasteiger partial charge on any atom is 0.194 e. The Bertz CT molecular complexity index is 666. The van der Waals surface area contributed by atoms with Crippen LogP contribution in [0.5, 0.6) is 0 Å². The van der Waals surface area contributed by atoms with Crippen LogP contribution in [0.4, 0.5) is 4.39 Å². The van der Waals surface area contributed by atoms with Gasteiger partial charge in [0.25, 0.3) is 0 Å². The molecule has 0 atom stereocenters.